The van der Waals surface area contributed by atoms with E-state index < -0.39 is 0 Å². The molecule has 2 aliphatic heterocycles. The van der Waals surface area contributed by atoms with E-state index in [1.807, 2.05) is 0 Å². The van der Waals surface area contributed by atoms with Crippen LogP contribution < -0.4 is 14.8 Å². The van der Waals surface area contributed by atoms with Gasteiger partial charge in [0.15, 0.2) is 11.5 Å². The fourth-order valence-electron chi connectivity index (χ4n) is 3.25. The van der Waals surface area contributed by atoms with Gasteiger partial charge in [-0.25, -0.2) is 0 Å². The van der Waals surface area contributed by atoms with Crippen molar-refractivity contribution in [2.75, 3.05) is 26.6 Å². The Morgan fingerprint density at radius 1 is 1.21 bits per heavy atom. The van der Waals surface area contributed by atoms with E-state index in [0.29, 0.717) is 36.2 Å². The molecule has 4 rings (SSSR count). The number of carbonyl (C=O) groups excluding carboxylic acids is 1. The van der Waals surface area contributed by atoms with Gasteiger partial charge in [-0.1, -0.05) is 6.42 Å². The van der Waals surface area contributed by atoms with Crippen LogP contribution in [0, 0.1) is 5.92 Å². The minimum Gasteiger partial charge on any atom is -0.454 e. The summed E-state index contributed by atoms with van der Waals surface area (Å²) >= 11 is 0. The lowest BCUT2D eigenvalue weighted by Crippen LogP contribution is -2.50. The topological polar surface area (TPSA) is 66.0 Å². The second-order valence-electron chi connectivity index (χ2n) is 6.68. The van der Waals surface area contributed by atoms with Crippen molar-refractivity contribution >= 4 is 5.91 Å². The summed E-state index contributed by atoms with van der Waals surface area (Å²) in [4.78, 5) is 12.6. The van der Waals surface area contributed by atoms with Crippen molar-refractivity contribution in [1.82, 2.24) is 5.32 Å². The highest BCUT2D eigenvalue weighted by Gasteiger charge is 2.30. The second-order valence-corrected chi connectivity index (χ2v) is 6.68. The molecule has 0 bridgehead atoms. The average Bonchev–Trinajstić information content (AvgIpc) is 3.02. The van der Waals surface area contributed by atoms with Crippen LogP contribution in [0.15, 0.2) is 18.2 Å². The Hall–Kier alpha value is -1.79. The minimum absolute atomic E-state index is 0.0169. The van der Waals surface area contributed by atoms with Crippen LogP contribution in [-0.2, 0) is 9.47 Å². The molecule has 2 atom stereocenters. The first kappa shape index (κ1) is 15.7. The fraction of sp³-hybridized carbons (Fsp3) is 0.611. The first-order valence-electron chi connectivity index (χ1n) is 8.69. The molecule has 2 fully saturated rings. The zero-order valence-corrected chi connectivity index (χ0v) is 13.7. The molecule has 1 aromatic carbocycles. The van der Waals surface area contributed by atoms with E-state index in [0.717, 1.165) is 13.0 Å². The minimum atomic E-state index is -0.113. The lowest BCUT2D eigenvalue weighted by molar-refractivity contribution is -0.0819. The number of amides is 1. The quantitative estimate of drug-likeness (QED) is 0.894. The molecule has 6 heteroatoms. The first-order valence-corrected chi connectivity index (χ1v) is 8.69. The zero-order valence-electron chi connectivity index (χ0n) is 13.7. The molecule has 24 heavy (non-hydrogen) atoms. The van der Waals surface area contributed by atoms with E-state index in [4.69, 9.17) is 18.9 Å². The van der Waals surface area contributed by atoms with Gasteiger partial charge in [0.25, 0.3) is 5.91 Å². The van der Waals surface area contributed by atoms with Crippen molar-refractivity contribution in [3.05, 3.63) is 23.8 Å². The van der Waals surface area contributed by atoms with Crippen molar-refractivity contribution in [2.24, 2.45) is 5.92 Å². The Morgan fingerprint density at radius 2 is 2.08 bits per heavy atom. The van der Waals surface area contributed by atoms with E-state index in [2.05, 4.69) is 5.32 Å². The highest BCUT2D eigenvalue weighted by molar-refractivity contribution is 5.95. The van der Waals surface area contributed by atoms with Crippen LogP contribution in [0.4, 0.5) is 0 Å². The molecular weight excluding hydrogens is 310 g/mol. The van der Waals surface area contributed by atoms with Crippen LogP contribution in [0.25, 0.3) is 0 Å². The Kier molecular flexibility index (Phi) is 4.58. The van der Waals surface area contributed by atoms with Gasteiger partial charge < -0.3 is 24.3 Å². The molecular formula is C18H23NO5. The number of fused-ring (bicyclic) bond motifs is 1. The summed E-state index contributed by atoms with van der Waals surface area (Å²) < 4.78 is 22.2. The third-order valence-corrected chi connectivity index (χ3v) is 5.03. The van der Waals surface area contributed by atoms with Gasteiger partial charge in [-0.3, -0.25) is 4.79 Å². The predicted molar refractivity (Wildman–Crippen MR) is 86.3 cm³/mol. The molecule has 0 spiro atoms. The smallest absolute Gasteiger partial charge is 0.251 e. The summed E-state index contributed by atoms with van der Waals surface area (Å²) in [5.41, 5.74) is 0.573. The van der Waals surface area contributed by atoms with Crippen LogP contribution in [0.2, 0.25) is 0 Å². The SMILES string of the molecule is O=C(N[C@@H]1CCOC[C@H]1OCC1CCC1)c1ccc2c(c1)OCO2. The standard InChI is InChI=1S/C18H23NO5/c20-18(13-4-5-15-16(8-13)24-11-23-15)19-14-6-7-21-10-17(14)22-9-12-2-1-3-12/h4-5,8,12,14,17H,1-3,6-7,9-11H2,(H,19,20)/t14-,17-/m1/s1. The molecule has 1 amide bonds. The monoisotopic (exact) mass is 333 g/mol. The average molecular weight is 333 g/mol. The van der Waals surface area contributed by atoms with E-state index in [9.17, 15) is 4.79 Å². The summed E-state index contributed by atoms with van der Waals surface area (Å²) in [7, 11) is 0. The number of rotatable bonds is 5. The maximum absolute atomic E-state index is 12.6. The molecule has 3 aliphatic rings. The number of carbonyl (C=O) groups is 1. The van der Waals surface area contributed by atoms with Gasteiger partial charge >= 0.3 is 0 Å². The lowest BCUT2D eigenvalue weighted by atomic mass is 9.86. The van der Waals surface area contributed by atoms with Gasteiger partial charge in [-0.2, -0.15) is 0 Å². The molecule has 1 aliphatic carbocycles. The molecule has 130 valence electrons. The number of ether oxygens (including phenoxy) is 4. The highest BCUT2D eigenvalue weighted by Crippen LogP contribution is 2.32. The van der Waals surface area contributed by atoms with Gasteiger partial charge in [-0.15, -0.1) is 0 Å². The summed E-state index contributed by atoms with van der Waals surface area (Å²) in [5, 5.41) is 3.10. The lowest BCUT2D eigenvalue weighted by Gasteiger charge is -2.34. The number of benzene rings is 1. The van der Waals surface area contributed by atoms with E-state index in [1.54, 1.807) is 18.2 Å². The van der Waals surface area contributed by atoms with Gasteiger partial charge in [0.05, 0.1) is 12.6 Å². The summed E-state index contributed by atoms with van der Waals surface area (Å²) in [6, 6.07) is 5.23. The van der Waals surface area contributed by atoms with Crippen molar-refractivity contribution in [1.29, 1.82) is 0 Å². The molecule has 0 radical (unpaired) electrons. The molecule has 1 saturated carbocycles. The fourth-order valence-corrected chi connectivity index (χ4v) is 3.25. The highest BCUT2D eigenvalue weighted by atomic mass is 16.7. The molecule has 0 unspecified atom stereocenters. The summed E-state index contributed by atoms with van der Waals surface area (Å²) in [5.74, 6) is 1.86. The molecule has 0 aromatic heterocycles. The van der Waals surface area contributed by atoms with Crippen LogP contribution in [0.3, 0.4) is 0 Å². The number of nitrogens with one attached hydrogen (secondary N) is 1. The van der Waals surface area contributed by atoms with Crippen molar-refractivity contribution in [3.63, 3.8) is 0 Å². The van der Waals surface area contributed by atoms with Crippen LogP contribution >= 0.6 is 0 Å². The zero-order chi connectivity index (χ0) is 16.4. The van der Waals surface area contributed by atoms with Crippen LogP contribution in [0.1, 0.15) is 36.0 Å². The maximum Gasteiger partial charge on any atom is 0.251 e. The van der Waals surface area contributed by atoms with E-state index >= 15 is 0 Å². The van der Waals surface area contributed by atoms with Crippen molar-refractivity contribution in [3.8, 4) is 11.5 Å². The second kappa shape index (κ2) is 6.99. The summed E-state index contributed by atoms with van der Waals surface area (Å²) in [6.07, 6.45) is 4.51. The van der Waals surface area contributed by atoms with E-state index in [-0.39, 0.29) is 24.8 Å². The Morgan fingerprint density at radius 3 is 2.92 bits per heavy atom. The third-order valence-electron chi connectivity index (χ3n) is 5.03. The molecule has 6 nitrogen and oxygen atoms in total. The van der Waals surface area contributed by atoms with Crippen molar-refractivity contribution in [2.45, 2.75) is 37.8 Å². The number of hydrogen-bond donors (Lipinski definition) is 1. The number of hydrogen-bond acceptors (Lipinski definition) is 5. The Bertz CT molecular complexity index is 601. The Labute approximate surface area is 141 Å². The maximum atomic E-state index is 12.6. The van der Waals surface area contributed by atoms with Gasteiger partial charge in [0.1, 0.15) is 6.10 Å². The summed E-state index contributed by atoms with van der Waals surface area (Å²) in [6.45, 7) is 2.16. The van der Waals surface area contributed by atoms with Crippen molar-refractivity contribution < 1.29 is 23.7 Å². The van der Waals surface area contributed by atoms with Gasteiger partial charge in [0.2, 0.25) is 6.79 Å². The molecule has 1 N–H and O–H groups in total. The first-order chi connectivity index (χ1) is 11.8. The predicted octanol–water partition coefficient (Wildman–Crippen LogP) is 2.12. The largest absolute Gasteiger partial charge is 0.454 e. The molecule has 2 heterocycles. The Balaban J connectivity index is 1.37. The van der Waals surface area contributed by atoms with Gasteiger partial charge in [-0.05, 0) is 43.4 Å². The molecule has 1 aromatic rings. The normalized spacial score (nSPS) is 26.0. The van der Waals surface area contributed by atoms with Crippen LogP contribution in [0.5, 0.6) is 11.5 Å². The van der Waals surface area contributed by atoms with Crippen LogP contribution in [-0.4, -0.2) is 44.7 Å². The molecule has 1 saturated heterocycles. The van der Waals surface area contributed by atoms with Gasteiger partial charge in [0, 0.05) is 18.8 Å². The third kappa shape index (κ3) is 3.35. The van der Waals surface area contributed by atoms with E-state index in [1.165, 1.54) is 19.3 Å².